The Balaban J connectivity index is 1.79. The van der Waals surface area contributed by atoms with Gasteiger partial charge in [-0.05, 0) is 68.6 Å². The third-order valence-corrected chi connectivity index (χ3v) is 7.10. The first-order chi connectivity index (χ1) is 11.8. The molecule has 3 rings (SSSR count). The molecular weight excluding hydrogens is 316 g/mol. The van der Waals surface area contributed by atoms with Crippen LogP contribution in [0.4, 0.5) is 0 Å². The van der Waals surface area contributed by atoms with Gasteiger partial charge in [-0.1, -0.05) is 37.1 Å². The van der Waals surface area contributed by atoms with Gasteiger partial charge in [-0.3, -0.25) is 4.79 Å². The van der Waals surface area contributed by atoms with Crippen LogP contribution < -0.4 is 0 Å². The van der Waals surface area contributed by atoms with Crippen LogP contribution in [0.5, 0.6) is 0 Å². The summed E-state index contributed by atoms with van der Waals surface area (Å²) in [6, 6.07) is 0. The number of carboxylic acids is 1. The van der Waals surface area contributed by atoms with Crippen LogP contribution >= 0.6 is 0 Å². The van der Waals surface area contributed by atoms with E-state index in [4.69, 9.17) is 0 Å². The van der Waals surface area contributed by atoms with E-state index in [2.05, 4.69) is 19.1 Å². The average Bonchev–Trinajstić information content (AvgIpc) is 2.88. The van der Waals surface area contributed by atoms with Crippen molar-refractivity contribution >= 4 is 5.97 Å². The normalized spacial score (nSPS) is 41.4. The third kappa shape index (κ3) is 3.70. The Morgan fingerprint density at radius 1 is 1.20 bits per heavy atom. The number of aliphatic hydroxyl groups is 2. The van der Waals surface area contributed by atoms with Crippen molar-refractivity contribution in [2.24, 2.45) is 23.2 Å². The lowest BCUT2D eigenvalue weighted by Crippen LogP contribution is -2.38. The number of carbonyl (C=O) groups is 1. The average molecular weight is 348 g/mol. The number of fused-ring (bicyclic) bond motifs is 1. The van der Waals surface area contributed by atoms with Gasteiger partial charge in [0.15, 0.2) is 0 Å². The van der Waals surface area contributed by atoms with Gasteiger partial charge in [0.25, 0.3) is 0 Å². The van der Waals surface area contributed by atoms with Gasteiger partial charge in [0.05, 0.1) is 18.1 Å². The molecule has 3 saturated carbocycles. The molecule has 6 atom stereocenters. The third-order valence-electron chi connectivity index (χ3n) is 7.10. The molecule has 3 N–H and O–H groups in total. The van der Waals surface area contributed by atoms with Crippen molar-refractivity contribution in [1.29, 1.82) is 0 Å². The van der Waals surface area contributed by atoms with E-state index >= 15 is 0 Å². The van der Waals surface area contributed by atoms with Crippen LogP contribution in [-0.2, 0) is 4.79 Å². The van der Waals surface area contributed by atoms with Crippen molar-refractivity contribution in [2.75, 3.05) is 0 Å². The monoisotopic (exact) mass is 348 g/mol. The highest BCUT2D eigenvalue weighted by Crippen LogP contribution is 2.59. The van der Waals surface area contributed by atoms with Crippen molar-refractivity contribution in [2.45, 2.75) is 77.4 Å². The van der Waals surface area contributed by atoms with Crippen LogP contribution in [0.3, 0.4) is 0 Å². The van der Waals surface area contributed by atoms with Crippen molar-refractivity contribution in [3.8, 4) is 0 Å². The highest BCUT2D eigenvalue weighted by atomic mass is 16.4. The van der Waals surface area contributed by atoms with Crippen molar-refractivity contribution in [3.63, 3.8) is 0 Å². The summed E-state index contributed by atoms with van der Waals surface area (Å²) in [4.78, 5) is 11.5. The molecule has 0 amide bonds. The smallest absolute Gasteiger partial charge is 0.306 e. The topological polar surface area (TPSA) is 77.8 Å². The molecule has 0 bridgehead atoms. The standard InChI is InChI=1S/C21H32O4/c1-13(20(24)25)18-7-8-19-15(4-3-9-21(18,19)2)6-5-14-10-16(22)12-17(23)11-14/h5-6,13,16-19,22-23H,3-4,7-12H2,1-2H3,(H,24,25)/b15-6+/t13-,16+,17+,18+,19-,21+/m0/s1. The number of aliphatic carboxylic acids is 1. The molecule has 0 aromatic carbocycles. The Morgan fingerprint density at radius 2 is 1.88 bits per heavy atom. The van der Waals surface area contributed by atoms with Gasteiger partial charge >= 0.3 is 5.97 Å². The van der Waals surface area contributed by atoms with Gasteiger partial charge in [-0.15, -0.1) is 0 Å². The SMILES string of the molecule is C[C@H](C(=O)O)[C@H]1CC[C@H]2/C(=C/C=C3C[C@@H](O)C[C@H](O)C3)CCC[C@]12C. The van der Waals surface area contributed by atoms with E-state index in [9.17, 15) is 20.1 Å². The molecule has 0 radical (unpaired) electrons. The summed E-state index contributed by atoms with van der Waals surface area (Å²) < 4.78 is 0. The minimum Gasteiger partial charge on any atom is -0.481 e. The summed E-state index contributed by atoms with van der Waals surface area (Å²) >= 11 is 0. The molecule has 0 unspecified atom stereocenters. The maximum atomic E-state index is 11.5. The van der Waals surface area contributed by atoms with Gasteiger partial charge in [0, 0.05) is 0 Å². The molecular formula is C21H32O4. The minimum atomic E-state index is -0.671. The van der Waals surface area contributed by atoms with Crippen LogP contribution in [0.25, 0.3) is 0 Å². The van der Waals surface area contributed by atoms with Gasteiger partial charge in [0.2, 0.25) is 0 Å². The molecule has 25 heavy (non-hydrogen) atoms. The Morgan fingerprint density at radius 3 is 2.52 bits per heavy atom. The summed E-state index contributed by atoms with van der Waals surface area (Å²) in [6.07, 6.45) is 10.7. The number of carboxylic acid groups (broad SMARTS) is 1. The summed E-state index contributed by atoms with van der Waals surface area (Å²) in [7, 11) is 0. The zero-order valence-corrected chi connectivity index (χ0v) is 15.4. The summed E-state index contributed by atoms with van der Waals surface area (Å²) in [5, 5.41) is 29.2. The van der Waals surface area contributed by atoms with Gasteiger partial charge in [-0.25, -0.2) is 0 Å². The highest BCUT2D eigenvalue weighted by Gasteiger charge is 2.51. The van der Waals surface area contributed by atoms with E-state index in [1.54, 1.807) is 0 Å². The number of hydrogen-bond acceptors (Lipinski definition) is 3. The number of rotatable bonds is 3. The zero-order valence-electron chi connectivity index (χ0n) is 15.4. The largest absolute Gasteiger partial charge is 0.481 e. The molecule has 0 aromatic rings. The fourth-order valence-corrected chi connectivity index (χ4v) is 5.80. The molecule has 4 nitrogen and oxygen atoms in total. The van der Waals surface area contributed by atoms with Gasteiger partial charge in [0.1, 0.15) is 0 Å². The van der Waals surface area contributed by atoms with Crippen molar-refractivity contribution in [3.05, 3.63) is 23.3 Å². The number of aliphatic hydroxyl groups excluding tert-OH is 2. The Bertz CT molecular complexity index is 566. The molecule has 0 heterocycles. The maximum Gasteiger partial charge on any atom is 0.306 e. The second kappa shape index (κ2) is 7.24. The second-order valence-corrected chi connectivity index (χ2v) is 8.74. The van der Waals surface area contributed by atoms with Gasteiger partial charge in [-0.2, -0.15) is 0 Å². The number of hydrogen-bond donors (Lipinski definition) is 3. The number of allylic oxidation sites excluding steroid dienone is 3. The lowest BCUT2D eigenvalue weighted by Gasteiger charge is -2.43. The molecule has 4 heteroatoms. The van der Waals surface area contributed by atoms with Crippen LogP contribution in [0.15, 0.2) is 23.3 Å². The molecule has 0 saturated heterocycles. The second-order valence-electron chi connectivity index (χ2n) is 8.74. The summed E-state index contributed by atoms with van der Waals surface area (Å²) in [5.74, 6) is -0.223. The molecule has 3 aliphatic carbocycles. The summed E-state index contributed by atoms with van der Waals surface area (Å²) in [6.45, 7) is 4.16. The highest BCUT2D eigenvalue weighted by molar-refractivity contribution is 5.70. The Kier molecular flexibility index (Phi) is 5.40. The predicted octanol–water partition coefficient (Wildman–Crippen LogP) is 3.68. The quantitative estimate of drug-likeness (QED) is 0.727. The summed E-state index contributed by atoms with van der Waals surface area (Å²) in [5.41, 5.74) is 2.65. The van der Waals surface area contributed by atoms with Crippen LogP contribution in [0.1, 0.15) is 65.2 Å². The molecule has 140 valence electrons. The first-order valence-corrected chi connectivity index (χ1v) is 9.78. The van der Waals surface area contributed by atoms with E-state index in [0.29, 0.717) is 25.2 Å². The van der Waals surface area contributed by atoms with E-state index in [0.717, 1.165) is 37.7 Å². The zero-order chi connectivity index (χ0) is 18.2. The van der Waals surface area contributed by atoms with Crippen LogP contribution in [-0.4, -0.2) is 33.5 Å². The van der Waals surface area contributed by atoms with Crippen LogP contribution in [0, 0.1) is 23.2 Å². The van der Waals surface area contributed by atoms with E-state index in [-0.39, 0.29) is 17.3 Å². The Hall–Kier alpha value is -1.13. The van der Waals surface area contributed by atoms with Gasteiger partial charge < -0.3 is 15.3 Å². The lowest BCUT2D eigenvalue weighted by molar-refractivity contribution is -0.144. The molecule has 3 aliphatic rings. The minimum absolute atomic E-state index is 0.0893. The maximum absolute atomic E-state index is 11.5. The molecule has 0 aromatic heterocycles. The van der Waals surface area contributed by atoms with E-state index in [1.807, 2.05) is 6.92 Å². The first kappa shape index (κ1) is 18.7. The van der Waals surface area contributed by atoms with Crippen LogP contribution in [0.2, 0.25) is 0 Å². The fourth-order valence-electron chi connectivity index (χ4n) is 5.80. The molecule has 3 fully saturated rings. The van der Waals surface area contributed by atoms with Crippen molar-refractivity contribution in [1.82, 2.24) is 0 Å². The molecule has 0 spiro atoms. The van der Waals surface area contributed by atoms with E-state index < -0.39 is 18.2 Å². The van der Waals surface area contributed by atoms with E-state index in [1.165, 1.54) is 5.57 Å². The molecule has 0 aliphatic heterocycles. The first-order valence-electron chi connectivity index (χ1n) is 9.78. The van der Waals surface area contributed by atoms with Crippen molar-refractivity contribution < 1.29 is 20.1 Å². The Labute approximate surface area is 150 Å². The predicted molar refractivity (Wildman–Crippen MR) is 97.0 cm³/mol. The lowest BCUT2D eigenvalue weighted by atomic mass is 9.61. The fraction of sp³-hybridized carbons (Fsp3) is 0.762.